The van der Waals surface area contributed by atoms with Crippen LogP contribution in [-0.2, 0) is 13.0 Å². The molecule has 1 N–H and O–H groups in total. The topological polar surface area (TPSA) is 39.7 Å². The summed E-state index contributed by atoms with van der Waals surface area (Å²) in [5.74, 6) is 2.19. The predicted molar refractivity (Wildman–Crippen MR) is 97.2 cm³/mol. The molecule has 0 spiro atoms. The fourth-order valence-electron chi connectivity index (χ4n) is 2.64. The van der Waals surface area contributed by atoms with Crippen molar-refractivity contribution >= 4 is 0 Å². The van der Waals surface area contributed by atoms with Gasteiger partial charge in [0.15, 0.2) is 11.5 Å². The lowest BCUT2D eigenvalue weighted by Crippen LogP contribution is -2.26. The Balaban J connectivity index is 1.95. The summed E-state index contributed by atoms with van der Waals surface area (Å²) in [5, 5.41) is 3.56. The number of rotatable bonds is 9. The van der Waals surface area contributed by atoms with E-state index in [2.05, 4.69) is 42.6 Å². The van der Waals surface area contributed by atoms with Crippen molar-refractivity contribution in [2.75, 3.05) is 21.3 Å². The van der Waals surface area contributed by atoms with Crippen LogP contribution in [0.4, 0.5) is 0 Å². The zero-order valence-corrected chi connectivity index (χ0v) is 15.0. The van der Waals surface area contributed by atoms with Crippen molar-refractivity contribution in [3.63, 3.8) is 0 Å². The summed E-state index contributed by atoms with van der Waals surface area (Å²) in [4.78, 5) is 0. The Morgan fingerprint density at radius 1 is 0.875 bits per heavy atom. The molecule has 0 radical (unpaired) electrons. The fourth-order valence-corrected chi connectivity index (χ4v) is 2.64. The summed E-state index contributed by atoms with van der Waals surface area (Å²) in [7, 11) is 4.94. The van der Waals surface area contributed by atoms with E-state index in [0.717, 1.165) is 30.7 Å². The molecule has 24 heavy (non-hydrogen) atoms. The SMILES string of the molecule is COc1cc(OC)c(OC)cc1CN[C@@H](C)CCc1ccccc1. The number of hydrogen-bond acceptors (Lipinski definition) is 4. The fraction of sp³-hybridized carbons (Fsp3) is 0.400. The van der Waals surface area contributed by atoms with Gasteiger partial charge in [-0.3, -0.25) is 0 Å². The molecule has 0 saturated carbocycles. The molecule has 0 aliphatic carbocycles. The van der Waals surface area contributed by atoms with E-state index in [-0.39, 0.29) is 0 Å². The van der Waals surface area contributed by atoms with Crippen molar-refractivity contribution in [2.45, 2.75) is 32.4 Å². The molecule has 0 aliphatic heterocycles. The van der Waals surface area contributed by atoms with Gasteiger partial charge in [0.25, 0.3) is 0 Å². The van der Waals surface area contributed by atoms with Gasteiger partial charge in [-0.25, -0.2) is 0 Å². The number of benzene rings is 2. The molecule has 2 aromatic carbocycles. The molecular weight excluding hydrogens is 302 g/mol. The lowest BCUT2D eigenvalue weighted by molar-refractivity contribution is 0.346. The number of ether oxygens (including phenoxy) is 3. The minimum absolute atomic E-state index is 0.406. The molecule has 4 heteroatoms. The summed E-state index contributed by atoms with van der Waals surface area (Å²) < 4.78 is 16.2. The Labute approximate surface area is 144 Å². The Kier molecular flexibility index (Phi) is 6.94. The van der Waals surface area contributed by atoms with Crippen LogP contribution >= 0.6 is 0 Å². The molecule has 0 fully saturated rings. The van der Waals surface area contributed by atoms with Gasteiger partial charge in [-0.15, -0.1) is 0 Å². The van der Waals surface area contributed by atoms with Gasteiger partial charge < -0.3 is 19.5 Å². The van der Waals surface area contributed by atoms with E-state index in [1.54, 1.807) is 21.3 Å². The maximum Gasteiger partial charge on any atom is 0.164 e. The number of aryl methyl sites for hydroxylation is 1. The van der Waals surface area contributed by atoms with E-state index in [9.17, 15) is 0 Å². The van der Waals surface area contributed by atoms with Crippen molar-refractivity contribution in [3.8, 4) is 17.2 Å². The van der Waals surface area contributed by atoms with Gasteiger partial charge in [-0.2, -0.15) is 0 Å². The Morgan fingerprint density at radius 3 is 2.12 bits per heavy atom. The summed E-state index contributed by atoms with van der Waals surface area (Å²) in [6, 6.07) is 14.8. The Bertz CT molecular complexity index is 628. The molecule has 0 unspecified atom stereocenters. The minimum Gasteiger partial charge on any atom is -0.496 e. The standard InChI is InChI=1S/C20H27NO3/c1-15(10-11-16-8-6-5-7-9-16)21-14-17-12-19(23-3)20(24-4)13-18(17)22-2/h5-9,12-13,15,21H,10-11,14H2,1-4H3/t15-/m0/s1. The summed E-state index contributed by atoms with van der Waals surface area (Å²) in [5.41, 5.74) is 2.43. The normalized spacial score (nSPS) is 11.8. The van der Waals surface area contributed by atoms with Crippen molar-refractivity contribution in [1.29, 1.82) is 0 Å². The van der Waals surface area contributed by atoms with Gasteiger partial charge in [-0.05, 0) is 31.4 Å². The van der Waals surface area contributed by atoms with Crippen LogP contribution in [0.15, 0.2) is 42.5 Å². The third-order valence-corrected chi connectivity index (χ3v) is 4.14. The quantitative estimate of drug-likeness (QED) is 0.759. The van der Waals surface area contributed by atoms with Crippen LogP contribution in [0.5, 0.6) is 17.2 Å². The third kappa shape index (κ3) is 4.90. The first kappa shape index (κ1) is 18.1. The zero-order chi connectivity index (χ0) is 17.4. The van der Waals surface area contributed by atoms with Crippen LogP contribution in [0.2, 0.25) is 0 Å². The first-order valence-corrected chi connectivity index (χ1v) is 8.24. The summed E-state index contributed by atoms with van der Waals surface area (Å²) in [6.45, 7) is 2.93. The number of nitrogens with one attached hydrogen (secondary N) is 1. The van der Waals surface area contributed by atoms with Crippen molar-refractivity contribution in [1.82, 2.24) is 5.32 Å². The lowest BCUT2D eigenvalue weighted by atomic mass is 10.1. The Morgan fingerprint density at radius 2 is 1.50 bits per heavy atom. The van der Waals surface area contributed by atoms with Crippen LogP contribution in [0, 0.1) is 0 Å². The highest BCUT2D eigenvalue weighted by Gasteiger charge is 2.12. The van der Waals surface area contributed by atoms with E-state index in [0.29, 0.717) is 17.5 Å². The van der Waals surface area contributed by atoms with E-state index in [1.807, 2.05) is 12.1 Å². The highest BCUT2D eigenvalue weighted by Crippen LogP contribution is 2.34. The zero-order valence-electron chi connectivity index (χ0n) is 15.0. The molecule has 2 rings (SSSR count). The van der Waals surface area contributed by atoms with Gasteiger partial charge in [-0.1, -0.05) is 30.3 Å². The van der Waals surface area contributed by atoms with Crippen LogP contribution in [0.25, 0.3) is 0 Å². The molecule has 130 valence electrons. The van der Waals surface area contributed by atoms with Gasteiger partial charge in [0.05, 0.1) is 21.3 Å². The highest BCUT2D eigenvalue weighted by molar-refractivity contribution is 5.50. The van der Waals surface area contributed by atoms with Crippen LogP contribution in [0.1, 0.15) is 24.5 Å². The molecular formula is C20H27NO3. The average molecular weight is 329 g/mol. The minimum atomic E-state index is 0.406. The second-order valence-electron chi connectivity index (χ2n) is 5.83. The molecule has 1 atom stereocenters. The van der Waals surface area contributed by atoms with E-state index < -0.39 is 0 Å². The average Bonchev–Trinajstić information content (AvgIpc) is 2.64. The second kappa shape index (κ2) is 9.18. The van der Waals surface area contributed by atoms with Gasteiger partial charge in [0.2, 0.25) is 0 Å². The van der Waals surface area contributed by atoms with Gasteiger partial charge in [0, 0.05) is 24.2 Å². The molecule has 4 nitrogen and oxygen atoms in total. The molecule has 0 aromatic heterocycles. The smallest absolute Gasteiger partial charge is 0.164 e. The molecule has 2 aromatic rings. The Hall–Kier alpha value is -2.20. The third-order valence-electron chi connectivity index (χ3n) is 4.14. The van der Waals surface area contributed by atoms with Crippen LogP contribution in [0.3, 0.4) is 0 Å². The molecule has 0 bridgehead atoms. The number of methoxy groups -OCH3 is 3. The van der Waals surface area contributed by atoms with E-state index >= 15 is 0 Å². The van der Waals surface area contributed by atoms with Crippen molar-refractivity contribution < 1.29 is 14.2 Å². The molecule has 0 saturated heterocycles. The second-order valence-corrected chi connectivity index (χ2v) is 5.83. The van der Waals surface area contributed by atoms with Crippen LogP contribution in [-0.4, -0.2) is 27.4 Å². The molecule has 0 heterocycles. The van der Waals surface area contributed by atoms with Gasteiger partial charge in [0.1, 0.15) is 5.75 Å². The summed E-state index contributed by atoms with van der Waals surface area (Å²) in [6.07, 6.45) is 2.15. The largest absolute Gasteiger partial charge is 0.496 e. The summed E-state index contributed by atoms with van der Waals surface area (Å²) >= 11 is 0. The van der Waals surface area contributed by atoms with Crippen molar-refractivity contribution in [3.05, 3.63) is 53.6 Å². The number of hydrogen-bond donors (Lipinski definition) is 1. The lowest BCUT2D eigenvalue weighted by Gasteiger charge is -2.17. The highest BCUT2D eigenvalue weighted by atomic mass is 16.5. The maximum atomic E-state index is 5.47. The monoisotopic (exact) mass is 329 g/mol. The first-order valence-electron chi connectivity index (χ1n) is 8.24. The van der Waals surface area contributed by atoms with Crippen LogP contribution < -0.4 is 19.5 Å². The van der Waals surface area contributed by atoms with Gasteiger partial charge >= 0.3 is 0 Å². The van der Waals surface area contributed by atoms with Crippen molar-refractivity contribution in [2.24, 2.45) is 0 Å². The predicted octanol–water partition coefficient (Wildman–Crippen LogP) is 3.82. The van der Waals surface area contributed by atoms with E-state index in [1.165, 1.54) is 5.56 Å². The molecule has 0 aliphatic rings. The first-order chi connectivity index (χ1) is 11.7. The molecule has 0 amide bonds. The maximum absolute atomic E-state index is 5.47. The van der Waals surface area contributed by atoms with E-state index in [4.69, 9.17) is 14.2 Å².